The SMILES string of the molecule is O=C(O)c1ccc(NCC2CCSC2)cc1. The van der Waals surface area contributed by atoms with Crippen LogP contribution in [-0.2, 0) is 0 Å². The van der Waals surface area contributed by atoms with Gasteiger partial charge in [0.05, 0.1) is 5.56 Å². The fourth-order valence-corrected chi connectivity index (χ4v) is 3.02. The molecule has 4 heteroatoms. The average Bonchev–Trinajstić information content (AvgIpc) is 2.80. The van der Waals surface area contributed by atoms with Crippen molar-refractivity contribution in [3.63, 3.8) is 0 Å². The van der Waals surface area contributed by atoms with Crippen molar-refractivity contribution in [3.8, 4) is 0 Å². The minimum Gasteiger partial charge on any atom is -0.478 e. The summed E-state index contributed by atoms with van der Waals surface area (Å²) < 4.78 is 0. The number of carboxylic acid groups (broad SMARTS) is 1. The molecule has 1 heterocycles. The molecule has 0 amide bonds. The van der Waals surface area contributed by atoms with Crippen molar-refractivity contribution >= 4 is 23.4 Å². The van der Waals surface area contributed by atoms with Crippen molar-refractivity contribution in [2.75, 3.05) is 23.4 Å². The average molecular weight is 237 g/mol. The number of carboxylic acids is 1. The summed E-state index contributed by atoms with van der Waals surface area (Å²) in [6.45, 7) is 0.986. The lowest BCUT2D eigenvalue weighted by molar-refractivity contribution is 0.0697. The van der Waals surface area contributed by atoms with Gasteiger partial charge in [-0.05, 0) is 48.1 Å². The van der Waals surface area contributed by atoms with E-state index in [1.807, 2.05) is 23.9 Å². The van der Waals surface area contributed by atoms with Crippen LogP contribution in [0.4, 0.5) is 5.69 Å². The Kier molecular flexibility index (Phi) is 3.72. The molecule has 1 unspecified atom stereocenters. The molecular formula is C12H15NO2S. The summed E-state index contributed by atoms with van der Waals surface area (Å²) in [5.74, 6) is 2.38. The van der Waals surface area contributed by atoms with E-state index in [2.05, 4.69) is 5.32 Å². The van der Waals surface area contributed by atoms with Crippen LogP contribution in [0.5, 0.6) is 0 Å². The zero-order valence-corrected chi connectivity index (χ0v) is 9.80. The Balaban J connectivity index is 1.87. The van der Waals surface area contributed by atoms with E-state index in [4.69, 9.17) is 5.11 Å². The maximum atomic E-state index is 10.7. The molecule has 1 fully saturated rings. The normalized spacial score (nSPS) is 19.6. The molecule has 86 valence electrons. The molecule has 0 bridgehead atoms. The monoisotopic (exact) mass is 237 g/mol. The van der Waals surface area contributed by atoms with E-state index in [9.17, 15) is 4.79 Å². The van der Waals surface area contributed by atoms with E-state index in [0.29, 0.717) is 5.56 Å². The van der Waals surface area contributed by atoms with Gasteiger partial charge in [0, 0.05) is 12.2 Å². The van der Waals surface area contributed by atoms with Crippen molar-refractivity contribution in [1.29, 1.82) is 0 Å². The summed E-state index contributed by atoms with van der Waals surface area (Å²) in [5, 5.41) is 12.1. The molecule has 1 aliphatic rings. The first-order chi connectivity index (χ1) is 7.75. The predicted molar refractivity (Wildman–Crippen MR) is 67.3 cm³/mol. The largest absolute Gasteiger partial charge is 0.478 e. The first kappa shape index (κ1) is 11.3. The number of rotatable bonds is 4. The Morgan fingerprint density at radius 2 is 2.19 bits per heavy atom. The number of hydrogen-bond donors (Lipinski definition) is 2. The first-order valence-electron chi connectivity index (χ1n) is 5.40. The van der Waals surface area contributed by atoms with Crippen LogP contribution in [0, 0.1) is 5.92 Å². The maximum absolute atomic E-state index is 10.7. The second kappa shape index (κ2) is 5.25. The van der Waals surface area contributed by atoms with Crippen LogP contribution in [0.3, 0.4) is 0 Å². The highest BCUT2D eigenvalue weighted by Crippen LogP contribution is 2.23. The van der Waals surface area contributed by atoms with E-state index >= 15 is 0 Å². The highest BCUT2D eigenvalue weighted by Gasteiger charge is 2.14. The highest BCUT2D eigenvalue weighted by atomic mass is 32.2. The molecule has 0 aliphatic carbocycles. The lowest BCUT2D eigenvalue weighted by Gasteiger charge is -2.11. The van der Waals surface area contributed by atoms with Crippen LogP contribution in [0.15, 0.2) is 24.3 Å². The Hall–Kier alpha value is -1.16. The van der Waals surface area contributed by atoms with Gasteiger partial charge in [-0.25, -0.2) is 4.79 Å². The third-order valence-electron chi connectivity index (χ3n) is 2.75. The number of hydrogen-bond acceptors (Lipinski definition) is 3. The number of benzene rings is 1. The molecule has 1 saturated heterocycles. The van der Waals surface area contributed by atoms with Gasteiger partial charge in [-0.15, -0.1) is 0 Å². The van der Waals surface area contributed by atoms with Crippen LogP contribution in [0.25, 0.3) is 0 Å². The molecule has 2 N–H and O–H groups in total. The van der Waals surface area contributed by atoms with Gasteiger partial charge in [0.15, 0.2) is 0 Å². The van der Waals surface area contributed by atoms with Crippen molar-refractivity contribution < 1.29 is 9.90 Å². The molecule has 0 spiro atoms. The molecule has 0 aromatic heterocycles. The maximum Gasteiger partial charge on any atom is 0.335 e. The quantitative estimate of drug-likeness (QED) is 0.845. The zero-order chi connectivity index (χ0) is 11.4. The van der Waals surface area contributed by atoms with E-state index in [1.54, 1.807) is 12.1 Å². The van der Waals surface area contributed by atoms with Crippen LogP contribution < -0.4 is 5.32 Å². The molecule has 2 rings (SSSR count). The third-order valence-corrected chi connectivity index (χ3v) is 3.98. The van der Waals surface area contributed by atoms with Gasteiger partial charge in [-0.1, -0.05) is 0 Å². The van der Waals surface area contributed by atoms with E-state index in [-0.39, 0.29) is 0 Å². The minimum atomic E-state index is -0.876. The number of anilines is 1. The molecule has 1 aliphatic heterocycles. The zero-order valence-electron chi connectivity index (χ0n) is 8.98. The molecule has 0 radical (unpaired) electrons. The molecule has 16 heavy (non-hydrogen) atoms. The Labute approximate surface area is 99.2 Å². The molecule has 1 atom stereocenters. The number of thioether (sulfide) groups is 1. The number of carbonyl (C=O) groups is 1. The standard InChI is InChI=1S/C12H15NO2S/c14-12(15)10-1-3-11(4-2-10)13-7-9-5-6-16-8-9/h1-4,9,13H,5-8H2,(H,14,15). The number of aromatic carboxylic acids is 1. The van der Waals surface area contributed by atoms with Gasteiger partial charge >= 0.3 is 5.97 Å². The first-order valence-corrected chi connectivity index (χ1v) is 6.56. The molecule has 0 saturated carbocycles. The van der Waals surface area contributed by atoms with Crippen molar-refractivity contribution in [2.24, 2.45) is 5.92 Å². The van der Waals surface area contributed by atoms with Crippen molar-refractivity contribution in [1.82, 2.24) is 0 Å². The summed E-state index contributed by atoms with van der Waals surface area (Å²) in [4.78, 5) is 10.7. The second-order valence-corrected chi connectivity index (χ2v) is 5.14. The Morgan fingerprint density at radius 3 is 2.75 bits per heavy atom. The fourth-order valence-electron chi connectivity index (χ4n) is 1.74. The van der Waals surface area contributed by atoms with Gasteiger partial charge in [0.1, 0.15) is 0 Å². The molecule has 3 nitrogen and oxygen atoms in total. The number of nitrogens with one attached hydrogen (secondary N) is 1. The van der Waals surface area contributed by atoms with E-state index in [0.717, 1.165) is 18.2 Å². The van der Waals surface area contributed by atoms with E-state index in [1.165, 1.54) is 17.9 Å². The summed E-state index contributed by atoms with van der Waals surface area (Å²) in [6.07, 6.45) is 1.28. The van der Waals surface area contributed by atoms with E-state index < -0.39 is 5.97 Å². The predicted octanol–water partition coefficient (Wildman–Crippen LogP) is 2.55. The van der Waals surface area contributed by atoms with Crippen molar-refractivity contribution in [2.45, 2.75) is 6.42 Å². The highest BCUT2D eigenvalue weighted by molar-refractivity contribution is 7.99. The van der Waals surface area contributed by atoms with Crippen LogP contribution in [0.1, 0.15) is 16.8 Å². The van der Waals surface area contributed by atoms with Gasteiger partial charge < -0.3 is 10.4 Å². The summed E-state index contributed by atoms with van der Waals surface area (Å²) >= 11 is 2.01. The Morgan fingerprint density at radius 1 is 1.44 bits per heavy atom. The van der Waals surface area contributed by atoms with Crippen molar-refractivity contribution in [3.05, 3.63) is 29.8 Å². The second-order valence-electron chi connectivity index (χ2n) is 3.99. The third kappa shape index (κ3) is 2.92. The summed E-state index contributed by atoms with van der Waals surface area (Å²) in [5.41, 5.74) is 1.34. The van der Waals surface area contributed by atoms with Crippen LogP contribution in [-0.4, -0.2) is 29.1 Å². The summed E-state index contributed by atoms with van der Waals surface area (Å²) in [7, 11) is 0. The Bertz CT molecular complexity index is 358. The fraction of sp³-hybridized carbons (Fsp3) is 0.417. The minimum absolute atomic E-state index is 0.335. The van der Waals surface area contributed by atoms with Gasteiger partial charge in [-0.2, -0.15) is 11.8 Å². The van der Waals surface area contributed by atoms with Gasteiger partial charge in [0.25, 0.3) is 0 Å². The van der Waals surface area contributed by atoms with Gasteiger partial charge in [-0.3, -0.25) is 0 Å². The lowest BCUT2D eigenvalue weighted by Crippen LogP contribution is -2.13. The lowest BCUT2D eigenvalue weighted by atomic mass is 10.1. The topological polar surface area (TPSA) is 49.3 Å². The molecule has 1 aromatic rings. The van der Waals surface area contributed by atoms with Crippen LogP contribution in [0.2, 0.25) is 0 Å². The molecule has 1 aromatic carbocycles. The van der Waals surface area contributed by atoms with Gasteiger partial charge in [0.2, 0.25) is 0 Å². The molecular weight excluding hydrogens is 222 g/mol. The van der Waals surface area contributed by atoms with Crippen LogP contribution >= 0.6 is 11.8 Å². The summed E-state index contributed by atoms with van der Waals surface area (Å²) in [6, 6.07) is 6.92. The smallest absolute Gasteiger partial charge is 0.335 e.